The summed E-state index contributed by atoms with van der Waals surface area (Å²) in [6.07, 6.45) is 0. The van der Waals surface area contributed by atoms with Crippen LogP contribution in [0.4, 0.5) is 5.95 Å². The van der Waals surface area contributed by atoms with E-state index in [9.17, 15) is 4.79 Å². The molecule has 1 amide bonds. The van der Waals surface area contributed by atoms with Gasteiger partial charge in [-0.05, 0) is 17.3 Å². The third-order valence-electron chi connectivity index (χ3n) is 1.79. The van der Waals surface area contributed by atoms with Crippen LogP contribution in [0.15, 0.2) is 12.1 Å². The Morgan fingerprint density at radius 1 is 1.41 bits per heavy atom. The van der Waals surface area contributed by atoms with Gasteiger partial charge in [0.05, 0.1) is 12.6 Å². The lowest BCUT2D eigenvalue weighted by molar-refractivity contribution is 0.102. The van der Waals surface area contributed by atoms with Crippen LogP contribution in [0.1, 0.15) is 10.4 Å². The van der Waals surface area contributed by atoms with Gasteiger partial charge in [-0.1, -0.05) is 28.3 Å². The van der Waals surface area contributed by atoms with E-state index in [1.54, 1.807) is 7.05 Å². The van der Waals surface area contributed by atoms with Gasteiger partial charge in [-0.2, -0.15) is 4.80 Å². The van der Waals surface area contributed by atoms with Gasteiger partial charge in [-0.25, -0.2) is 4.98 Å². The lowest BCUT2D eigenvalue weighted by Crippen LogP contribution is -2.14. The van der Waals surface area contributed by atoms with Crippen molar-refractivity contribution in [1.82, 2.24) is 25.2 Å². The number of rotatable bonds is 2. The molecule has 0 atom stereocenters. The van der Waals surface area contributed by atoms with Gasteiger partial charge in [0.15, 0.2) is 0 Å². The summed E-state index contributed by atoms with van der Waals surface area (Å²) in [5, 5.41) is 13.6. The number of halogens is 2. The van der Waals surface area contributed by atoms with E-state index in [-0.39, 0.29) is 21.8 Å². The van der Waals surface area contributed by atoms with Crippen LogP contribution in [0.3, 0.4) is 0 Å². The minimum absolute atomic E-state index is 0.0129. The number of aryl methyl sites for hydroxylation is 1. The molecule has 9 heteroatoms. The molecule has 2 aromatic rings. The van der Waals surface area contributed by atoms with Crippen molar-refractivity contribution in [2.24, 2.45) is 7.05 Å². The van der Waals surface area contributed by atoms with E-state index in [4.69, 9.17) is 23.2 Å². The summed E-state index contributed by atoms with van der Waals surface area (Å²) in [5.74, 6) is -0.393. The topological polar surface area (TPSA) is 85.6 Å². The van der Waals surface area contributed by atoms with Crippen molar-refractivity contribution in [3.05, 3.63) is 28.0 Å². The second-order valence-corrected chi connectivity index (χ2v) is 3.77. The number of nitrogens with one attached hydrogen (secondary N) is 1. The van der Waals surface area contributed by atoms with Crippen molar-refractivity contribution < 1.29 is 4.79 Å². The molecule has 0 aliphatic carbocycles. The maximum absolute atomic E-state index is 11.8. The molecule has 2 heterocycles. The lowest BCUT2D eigenvalue weighted by Gasteiger charge is -2.02. The number of nitrogens with zero attached hydrogens (tertiary/aromatic N) is 5. The van der Waals surface area contributed by atoms with Crippen LogP contribution in [-0.2, 0) is 7.05 Å². The first-order chi connectivity index (χ1) is 8.06. The molecule has 7 nitrogen and oxygen atoms in total. The van der Waals surface area contributed by atoms with Crippen LogP contribution >= 0.6 is 23.2 Å². The second-order valence-electron chi connectivity index (χ2n) is 3.03. The van der Waals surface area contributed by atoms with E-state index in [1.807, 2.05) is 0 Å². The minimum Gasteiger partial charge on any atom is -0.288 e. The van der Waals surface area contributed by atoms with Crippen molar-refractivity contribution in [3.8, 4) is 0 Å². The van der Waals surface area contributed by atoms with Crippen LogP contribution in [0.5, 0.6) is 0 Å². The highest BCUT2D eigenvalue weighted by Gasteiger charge is 2.14. The molecule has 0 aromatic carbocycles. The van der Waals surface area contributed by atoms with Crippen molar-refractivity contribution >= 4 is 35.1 Å². The molecule has 2 rings (SSSR count). The SMILES string of the molecule is Cn1nnc(NC(=O)c2ccc(Cl)nc2Cl)n1. The quantitative estimate of drug-likeness (QED) is 0.830. The zero-order chi connectivity index (χ0) is 12.4. The van der Waals surface area contributed by atoms with E-state index in [1.165, 1.54) is 16.9 Å². The summed E-state index contributed by atoms with van der Waals surface area (Å²) >= 11 is 11.4. The number of carbonyl (C=O) groups is 1. The Hall–Kier alpha value is -1.73. The molecule has 88 valence electrons. The first-order valence-corrected chi connectivity index (χ1v) is 5.19. The van der Waals surface area contributed by atoms with Crippen LogP contribution in [0.2, 0.25) is 10.3 Å². The van der Waals surface area contributed by atoms with Gasteiger partial charge < -0.3 is 0 Å². The fraction of sp³-hybridized carbons (Fsp3) is 0.125. The maximum atomic E-state index is 11.8. The number of anilines is 1. The van der Waals surface area contributed by atoms with Gasteiger partial charge in [-0.3, -0.25) is 10.1 Å². The molecule has 17 heavy (non-hydrogen) atoms. The molecule has 0 saturated carbocycles. The third kappa shape index (κ3) is 2.69. The maximum Gasteiger partial charge on any atom is 0.270 e. The highest BCUT2D eigenvalue weighted by atomic mass is 35.5. The van der Waals surface area contributed by atoms with Gasteiger partial charge >= 0.3 is 0 Å². The number of amides is 1. The van der Waals surface area contributed by atoms with Crippen molar-refractivity contribution in [2.75, 3.05) is 5.32 Å². The lowest BCUT2D eigenvalue weighted by atomic mass is 10.3. The van der Waals surface area contributed by atoms with Gasteiger partial charge in [0.2, 0.25) is 0 Å². The monoisotopic (exact) mass is 272 g/mol. The smallest absolute Gasteiger partial charge is 0.270 e. The second kappa shape index (κ2) is 4.64. The predicted molar refractivity (Wildman–Crippen MR) is 61.0 cm³/mol. The number of hydrogen-bond donors (Lipinski definition) is 1. The fourth-order valence-corrected chi connectivity index (χ4v) is 1.52. The predicted octanol–water partition coefficient (Wildman–Crippen LogP) is 1.16. The molecule has 2 aromatic heterocycles. The minimum atomic E-state index is -0.479. The Labute approximate surface area is 106 Å². The average molecular weight is 273 g/mol. The average Bonchev–Trinajstić information content (AvgIpc) is 2.63. The zero-order valence-corrected chi connectivity index (χ0v) is 10.1. The van der Waals surface area contributed by atoms with Crippen LogP contribution < -0.4 is 5.32 Å². The highest BCUT2D eigenvalue weighted by Crippen LogP contribution is 2.17. The first-order valence-electron chi connectivity index (χ1n) is 4.43. The first kappa shape index (κ1) is 11.7. The summed E-state index contributed by atoms with van der Waals surface area (Å²) < 4.78 is 0. The Morgan fingerprint density at radius 2 is 2.18 bits per heavy atom. The molecular weight excluding hydrogens is 267 g/mol. The summed E-state index contributed by atoms with van der Waals surface area (Å²) in [5.41, 5.74) is 0.184. The summed E-state index contributed by atoms with van der Waals surface area (Å²) in [4.78, 5) is 16.7. The van der Waals surface area contributed by atoms with E-state index in [0.717, 1.165) is 0 Å². The van der Waals surface area contributed by atoms with Crippen molar-refractivity contribution in [2.45, 2.75) is 0 Å². The Balaban J connectivity index is 2.20. The largest absolute Gasteiger partial charge is 0.288 e. The highest BCUT2D eigenvalue weighted by molar-refractivity contribution is 6.35. The van der Waals surface area contributed by atoms with E-state index in [0.29, 0.717) is 0 Å². The number of hydrogen-bond acceptors (Lipinski definition) is 5. The Morgan fingerprint density at radius 3 is 2.76 bits per heavy atom. The summed E-state index contributed by atoms with van der Waals surface area (Å²) in [6.45, 7) is 0. The van der Waals surface area contributed by atoms with E-state index < -0.39 is 5.91 Å². The normalized spacial score (nSPS) is 10.3. The van der Waals surface area contributed by atoms with E-state index >= 15 is 0 Å². The number of aromatic nitrogens is 5. The molecular formula is C8H6Cl2N6O. The molecule has 0 unspecified atom stereocenters. The molecule has 0 fully saturated rings. The third-order valence-corrected chi connectivity index (χ3v) is 2.29. The molecule has 0 saturated heterocycles. The molecule has 0 aliphatic heterocycles. The van der Waals surface area contributed by atoms with Crippen molar-refractivity contribution in [1.29, 1.82) is 0 Å². The van der Waals surface area contributed by atoms with Gasteiger partial charge in [0.25, 0.3) is 11.9 Å². The van der Waals surface area contributed by atoms with Gasteiger partial charge in [-0.15, -0.1) is 5.10 Å². The number of tetrazole rings is 1. The molecule has 1 N–H and O–H groups in total. The standard InChI is InChI=1S/C8H6Cl2N6O/c1-16-14-8(13-15-16)12-7(17)4-2-3-5(9)11-6(4)10/h2-3H,1H3,(H,12,14,17). The van der Waals surface area contributed by atoms with Crippen molar-refractivity contribution in [3.63, 3.8) is 0 Å². The van der Waals surface area contributed by atoms with E-state index in [2.05, 4.69) is 25.7 Å². The Kier molecular flexibility index (Phi) is 3.21. The fourth-order valence-electron chi connectivity index (χ4n) is 1.08. The number of pyridine rings is 1. The zero-order valence-electron chi connectivity index (χ0n) is 8.55. The molecule has 0 radical (unpaired) electrons. The molecule has 0 spiro atoms. The van der Waals surface area contributed by atoms with Crippen LogP contribution in [0.25, 0.3) is 0 Å². The summed E-state index contributed by atoms with van der Waals surface area (Å²) in [7, 11) is 1.58. The summed E-state index contributed by atoms with van der Waals surface area (Å²) in [6, 6.07) is 2.93. The van der Waals surface area contributed by atoms with Crippen LogP contribution in [0, 0.1) is 0 Å². The van der Waals surface area contributed by atoms with Gasteiger partial charge in [0.1, 0.15) is 10.3 Å². The Bertz CT molecular complexity index is 569. The van der Waals surface area contributed by atoms with Gasteiger partial charge in [0, 0.05) is 0 Å². The molecule has 0 bridgehead atoms. The molecule has 0 aliphatic rings. The number of carbonyl (C=O) groups excluding carboxylic acids is 1. The van der Waals surface area contributed by atoms with Crippen LogP contribution in [-0.4, -0.2) is 31.1 Å².